The number of rotatable bonds is 3. The molecule has 0 radical (unpaired) electrons. The van der Waals surface area contributed by atoms with Crippen molar-refractivity contribution in [3.63, 3.8) is 0 Å². The molecule has 3 aromatic rings. The van der Waals surface area contributed by atoms with E-state index < -0.39 is 11.7 Å². The second kappa shape index (κ2) is 6.03. The molecule has 0 spiro atoms. The SMILES string of the molecule is COc1ccc(-c2ncc(-c3ccc(C(F)(F)F)cc3)n2C)cc1. The summed E-state index contributed by atoms with van der Waals surface area (Å²) in [5.74, 6) is 1.48. The van der Waals surface area contributed by atoms with E-state index in [1.807, 2.05) is 35.9 Å². The van der Waals surface area contributed by atoms with Crippen molar-refractivity contribution in [3.05, 3.63) is 60.3 Å². The van der Waals surface area contributed by atoms with E-state index in [0.29, 0.717) is 5.56 Å². The first-order chi connectivity index (χ1) is 11.4. The maximum atomic E-state index is 12.7. The first kappa shape index (κ1) is 16.1. The quantitative estimate of drug-likeness (QED) is 0.690. The molecule has 0 saturated heterocycles. The molecule has 0 atom stereocenters. The Kier molecular flexibility index (Phi) is 4.05. The lowest BCUT2D eigenvalue weighted by Gasteiger charge is -2.09. The molecule has 0 aliphatic heterocycles. The summed E-state index contributed by atoms with van der Waals surface area (Å²) in [6.45, 7) is 0. The Hall–Kier alpha value is -2.76. The fourth-order valence-electron chi connectivity index (χ4n) is 2.52. The Morgan fingerprint density at radius 1 is 0.917 bits per heavy atom. The molecular formula is C18H15F3N2O. The van der Waals surface area contributed by atoms with Crippen LogP contribution in [0.5, 0.6) is 5.75 Å². The summed E-state index contributed by atoms with van der Waals surface area (Å²) in [6.07, 6.45) is -2.68. The van der Waals surface area contributed by atoms with Gasteiger partial charge in [0, 0.05) is 12.6 Å². The zero-order valence-corrected chi connectivity index (χ0v) is 13.1. The fourth-order valence-corrected chi connectivity index (χ4v) is 2.52. The van der Waals surface area contributed by atoms with Crippen molar-refractivity contribution < 1.29 is 17.9 Å². The highest BCUT2D eigenvalue weighted by Gasteiger charge is 2.30. The minimum absolute atomic E-state index is 0.663. The predicted molar refractivity (Wildman–Crippen MR) is 85.6 cm³/mol. The monoisotopic (exact) mass is 332 g/mol. The molecule has 6 heteroatoms. The largest absolute Gasteiger partial charge is 0.497 e. The lowest BCUT2D eigenvalue weighted by Crippen LogP contribution is -2.04. The molecule has 0 unspecified atom stereocenters. The molecule has 3 nitrogen and oxygen atoms in total. The van der Waals surface area contributed by atoms with Crippen LogP contribution in [0.3, 0.4) is 0 Å². The van der Waals surface area contributed by atoms with Crippen molar-refractivity contribution in [1.29, 1.82) is 0 Å². The highest BCUT2D eigenvalue weighted by atomic mass is 19.4. The molecule has 0 aliphatic rings. The van der Waals surface area contributed by atoms with Crippen molar-refractivity contribution in [1.82, 2.24) is 9.55 Å². The zero-order chi connectivity index (χ0) is 17.3. The van der Waals surface area contributed by atoms with E-state index in [0.717, 1.165) is 35.0 Å². The van der Waals surface area contributed by atoms with Gasteiger partial charge in [0.05, 0.1) is 24.6 Å². The molecule has 0 fully saturated rings. The van der Waals surface area contributed by atoms with Gasteiger partial charge >= 0.3 is 6.18 Å². The Morgan fingerprint density at radius 2 is 1.50 bits per heavy atom. The van der Waals surface area contributed by atoms with Crippen LogP contribution in [0.15, 0.2) is 54.7 Å². The molecule has 124 valence electrons. The summed E-state index contributed by atoms with van der Waals surface area (Å²) in [4.78, 5) is 4.39. The van der Waals surface area contributed by atoms with Gasteiger partial charge in [-0.15, -0.1) is 0 Å². The third-order valence-electron chi connectivity index (χ3n) is 3.84. The lowest BCUT2D eigenvalue weighted by molar-refractivity contribution is -0.137. The molecule has 1 aromatic heterocycles. The molecule has 0 N–H and O–H groups in total. The molecule has 3 rings (SSSR count). The van der Waals surface area contributed by atoms with Crippen LogP contribution >= 0.6 is 0 Å². The van der Waals surface area contributed by atoms with Crippen LogP contribution < -0.4 is 4.74 Å². The summed E-state index contributed by atoms with van der Waals surface area (Å²) in [7, 11) is 3.43. The molecule has 24 heavy (non-hydrogen) atoms. The average Bonchev–Trinajstić information content (AvgIpc) is 2.96. The maximum absolute atomic E-state index is 12.7. The Labute approximate surface area is 137 Å². The first-order valence-electron chi connectivity index (χ1n) is 7.24. The van der Waals surface area contributed by atoms with Crippen LogP contribution in [0.1, 0.15) is 5.56 Å². The van der Waals surface area contributed by atoms with E-state index in [2.05, 4.69) is 4.98 Å². The van der Waals surface area contributed by atoms with E-state index >= 15 is 0 Å². The minimum atomic E-state index is -4.33. The van der Waals surface area contributed by atoms with Gasteiger partial charge in [0.1, 0.15) is 11.6 Å². The third-order valence-corrected chi connectivity index (χ3v) is 3.84. The van der Waals surface area contributed by atoms with Crippen molar-refractivity contribution >= 4 is 0 Å². The summed E-state index contributed by atoms with van der Waals surface area (Å²) < 4.78 is 45.0. The third kappa shape index (κ3) is 2.99. The topological polar surface area (TPSA) is 27.1 Å². The number of ether oxygens (including phenoxy) is 1. The maximum Gasteiger partial charge on any atom is 0.416 e. The van der Waals surface area contributed by atoms with Gasteiger partial charge in [0.15, 0.2) is 0 Å². The predicted octanol–water partition coefficient (Wildman–Crippen LogP) is 4.78. The van der Waals surface area contributed by atoms with Gasteiger partial charge in [-0.05, 0) is 42.0 Å². The molecule has 0 aliphatic carbocycles. The fraction of sp³-hybridized carbons (Fsp3) is 0.167. The number of alkyl halides is 3. The van der Waals surface area contributed by atoms with E-state index in [1.54, 1.807) is 13.3 Å². The Bertz CT molecular complexity index is 834. The number of halogens is 3. The minimum Gasteiger partial charge on any atom is -0.497 e. The summed E-state index contributed by atoms with van der Waals surface area (Å²) in [6, 6.07) is 12.5. The molecular weight excluding hydrogens is 317 g/mol. The van der Waals surface area contributed by atoms with E-state index in [4.69, 9.17) is 4.74 Å². The smallest absolute Gasteiger partial charge is 0.416 e. The van der Waals surface area contributed by atoms with Crippen LogP contribution in [-0.4, -0.2) is 16.7 Å². The summed E-state index contributed by atoms with van der Waals surface area (Å²) >= 11 is 0. The number of methoxy groups -OCH3 is 1. The van der Waals surface area contributed by atoms with Crippen LogP contribution in [0.25, 0.3) is 22.6 Å². The van der Waals surface area contributed by atoms with Gasteiger partial charge in [-0.2, -0.15) is 13.2 Å². The Morgan fingerprint density at radius 3 is 2.04 bits per heavy atom. The second-order valence-corrected chi connectivity index (χ2v) is 5.33. The lowest BCUT2D eigenvalue weighted by atomic mass is 10.1. The van der Waals surface area contributed by atoms with Crippen LogP contribution in [-0.2, 0) is 13.2 Å². The van der Waals surface area contributed by atoms with E-state index in [-0.39, 0.29) is 0 Å². The molecule has 0 saturated carbocycles. The normalized spacial score (nSPS) is 11.5. The van der Waals surface area contributed by atoms with Gasteiger partial charge < -0.3 is 9.30 Å². The summed E-state index contributed by atoms with van der Waals surface area (Å²) in [5, 5.41) is 0. The Balaban J connectivity index is 1.94. The average molecular weight is 332 g/mol. The van der Waals surface area contributed by atoms with Gasteiger partial charge in [-0.25, -0.2) is 4.98 Å². The van der Waals surface area contributed by atoms with Gasteiger partial charge in [0.2, 0.25) is 0 Å². The van der Waals surface area contributed by atoms with Gasteiger partial charge in [-0.3, -0.25) is 0 Å². The second-order valence-electron chi connectivity index (χ2n) is 5.33. The van der Waals surface area contributed by atoms with Crippen molar-refractivity contribution in [2.45, 2.75) is 6.18 Å². The summed E-state index contributed by atoms with van der Waals surface area (Å²) in [5.41, 5.74) is 1.66. The van der Waals surface area contributed by atoms with Crippen LogP contribution in [0, 0.1) is 0 Å². The van der Waals surface area contributed by atoms with Crippen LogP contribution in [0.4, 0.5) is 13.2 Å². The number of hydrogen-bond acceptors (Lipinski definition) is 2. The standard InChI is InChI=1S/C18H15F3N2O/c1-23-16(12-3-7-14(8-4-12)18(19,20)21)11-22-17(23)13-5-9-15(24-2)10-6-13/h3-11H,1-2H3. The molecule has 1 heterocycles. The van der Waals surface area contributed by atoms with Gasteiger partial charge in [-0.1, -0.05) is 12.1 Å². The molecule has 2 aromatic carbocycles. The van der Waals surface area contributed by atoms with Crippen molar-refractivity contribution in [2.75, 3.05) is 7.11 Å². The zero-order valence-electron chi connectivity index (χ0n) is 13.1. The van der Waals surface area contributed by atoms with Crippen LogP contribution in [0.2, 0.25) is 0 Å². The number of benzene rings is 2. The van der Waals surface area contributed by atoms with Crippen molar-refractivity contribution in [3.8, 4) is 28.4 Å². The number of aromatic nitrogens is 2. The number of hydrogen-bond donors (Lipinski definition) is 0. The van der Waals surface area contributed by atoms with Crippen molar-refractivity contribution in [2.24, 2.45) is 7.05 Å². The number of imidazole rings is 1. The van der Waals surface area contributed by atoms with E-state index in [9.17, 15) is 13.2 Å². The number of nitrogens with zero attached hydrogens (tertiary/aromatic N) is 2. The molecule has 0 bridgehead atoms. The highest BCUT2D eigenvalue weighted by molar-refractivity contribution is 5.66. The van der Waals surface area contributed by atoms with E-state index in [1.165, 1.54) is 12.1 Å². The molecule has 0 amide bonds. The van der Waals surface area contributed by atoms with Gasteiger partial charge in [0.25, 0.3) is 0 Å². The highest BCUT2D eigenvalue weighted by Crippen LogP contribution is 2.32. The first-order valence-corrected chi connectivity index (χ1v) is 7.24.